The van der Waals surface area contributed by atoms with Gasteiger partial charge >= 0.3 is 5.97 Å². The van der Waals surface area contributed by atoms with E-state index < -0.39 is 18.0 Å². The first kappa shape index (κ1) is 20.5. The fourth-order valence-electron chi connectivity index (χ4n) is 2.20. The van der Waals surface area contributed by atoms with Crippen molar-refractivity contribution in [3.8, 4) is 0 Å². The van der Waals surface area contributed by atoms with Crippen molar-refractivity contribution in [3.05, 3.63) is 60.2 Å². The van der Waals surface area contributed by atoms with Crippen molar-refractivity contribution in [2.24, 2.45) is 0 Å². The first-order valence-electron chi connectivity index (χ1n) is 8.43. The van der Waals surface area contributed by atoms with Crippen molar-refractivity contribution in [2.45, 2.75) is 20.0 Å². The summed E-state index contributed by atoms with van der Waals surface area (Å²) in [7, 11) is 0. The lowest BCUT2D eigenvalue weighted by atomic mass is 10.2. The lowest BCUT2D eigenvalue weighted by molar-refractivity contribution is -0.150. The van der Waals surface area contributed by atoms with Crippen LogP contribution in [0, 0.1) is 6.92 Å². The number of carbonyl (C=O) groups excluding carboxylic acids is 3. The minimum Gasteiger partial charge on any atom is -0.452 e. The predicted octanol–water partition coefficient (Wildman–Crippen LogP) is 3.24. The standard InChI is InChI=1S/C20H22N2O4S/c1-14-7-6-10-17(11-14)21-18(23)12-27-13-19(24)26-15(2)20(25)22-16-8-4-3-5-9-16/h3-11,15H,12-13H2,1-2H3,(H,21,23)(H,22,25)/t15-/m1/s1. The number of amides is 2. The molecule has 0 saturated carbocycles. The van der Waals surface area contributed by atoms with Gasteiger partial charge < -0.3 is 15.4 Å². The molecule has 2 aromatic rings. The van der Waals surface area contributed by atoms with Gasteiger partial charge in [-0.15, -0.1) is 11.8 Å². The van der Waals surface area contributed by atoms with Gasteiger partial charge in [-0.25, -0.2) is 0 Å². The van der Waals surface area contributed by atoms with Gasteiger partial charge in [0.1, 0.15) is 0 Å². The first-order valence-corrected chi connectivity index (χ1v) is 9.59. The van der Waals surface area contributed by atoms with Crippen LogP contribution < -0.4 is 10.6 Å². The number of thioether (sulfide) groups is 1. The van der Waals surface area contributed by atoms with Crippen LogP contribution in [0.25, 0.3) is 0 Å². The topological polar surface area (TPSA) is 84.5 Å². The molecule has 0 fully saturated rings. The van der Waals surface area contributed by atoms with Crippen LogP contribution in [0.15, 0.2) is 54.6 Å². The molecule has 2 rings (SSSR count). The Morgan fingerprint density at radius 3 is 2.37 bits per heavy atom. The summed E-state index contributed by atoms with van der Waals surface area (Å²) in [5.41, 5.74) is 2.40. The van der Waals surface area contributed by atoms with Crippen LogP contribution >= 0.6 is 11.8 Å². The molecule has 7 heteroatoms. The van der Waals surface area contributed by atoms with Crippen LogP contribution in [0.3, 0.4) is 0 Å². The average molecular weight is 386 g/mol. The van der Waals surface area contributed by atoms with E-state index in [0.29, 0.717) is 5.69 Å². The maximum absolute atomic E-state index is 12.0. The van der Waals surface area contributed by atoms with Gasteiger partial charge in [-0.05, 0) is 43.7 Å². The number of rotatable bonds is 8. The van der Waals surface area contributed by atoms with Crippen molar-refractivity contribution in [3.63, 3.8) is 0 Å². The van der Waals surface area contributed by atoms with E-state index in [4.69, 9.17) is 4.74 Å². The Morgan fingerprint density at radius 2 is 1.67 bits per heavy atom. The number of benzene rings is 2. The van der Waals surface area contributed by atoms with Crippen molar-refractivity contribution in [2.75, 3.05) is 22.1 Å². The van der Waals surface area contributed by atoms with E-state index in [1.54, 1.807) is 30.3 Å². The van der Waals surface area contributed by atoms with Crippen LogP contribution in [0.1, 0.15) is 12.5 Å². The van der Waals surface area contributed by atoms with Crippen molar-refractivity contribution >= 4 is 40.9 Å². The van der Waals surface area contributed by atoms with Crippen LogP contribution in [-0.2, 0) is 19.1 Å². The van der Waals surface area contributed by atoms with E-state index in [1.165, 1.54) is 6.92 Å². The molecule has 0 aliphatic carbocycles. The summed E-state index contributed by atoms with van der Waals surface area (Å²) in [6.45, 7) is 3.45. The second-order valence-electron chi connectivity index (χ2n) is 5.90. The summed E-state index contributed by atoms with van der Waals surface area (Å²) in [6, 6.07) is 16.4. The largest absolute Gasteiger partial charge is 0.452 e. The SMILES string of the molecule is Cc1cccc(NC(=O)CSCC(=O)O[C@H](C)C(=O)Nc2ccccc2)c1. The summed E-state index contributed by atoms with van der Waals surface area (Å²) >= 11 is 1.13. The normalized spacial score (nSPS) is 11.3. The molecule has 0 radical (unpaired) electrons. The van der Waals surface area contributed by atoms with Gasteiger partial charge in [-0.1, -0.05) is 30.3 Å². The molecule has 2 amide bonds. The zero-order chi connectivity index (χ0) is 19.6. The molecule has 142 valence electrons. The van der Waals surface area contributed by atoms with E-state index in [-0.39, 0.29) is 17.4 Å². The van der Waals surface area contributed by atoms with Gasteiger partial charge in [0.25, 0.3) is 5.91 Å². The summed E-state index contributed by atoms with van der Waals surface area (Å²) in [6.07, 6.45) is -0.917. The van der Waals surface area contributed by atoms with E-state index in [9.17, 15) is 14.4 Å². The monoisotopic (exact) mass is 386 g/mol. The third-order valence-corrected chi connectivity index (χ3v) is 4.38. The van der Waals surface area contributed by atoms with Gasteiger partial charge in [0.05, 0.1) is 11.5 Å². The number of anilines is 2. The Labute approximate surface area is 162 Å². The van der Waals surface area contributed by atoms with Crippen molar-refractivity contribution < 1.29 is 19.1 Å². The molecule has 1 atom stereocenters. The molecular formula is C20H22N2O4S. The fourth-order valence-corrected chi connectivity index (χ4v) is 2.79. The lowest BCUT2D eigenvalue weighted by Crippen LogP contribution is -2.30. The number of esters is 1. The molecule has 0 unspecified atom stereocenters. The average Bonchev–Trinajstić information content (AvgIpc) is 2.62. The molecule has 0 spiro atoms. The van der Waals surface area contributed by atoms with Crippen LogP contribution in [-0.4, -0.2) is 35.4 Å². The Hall–Kier alpha value is -2.80. The molecule has 0 bridgehead atoms. The number of ether oxygens (including phenoxy) is 1. The van der Waals surface area contributed by atoms with Gasteiger partial charge in [-0.2, -0.15) is 0 Å². The highest BCUT2D eigenvalue weighted by Crippen LogP contribution is 2.11. The third-order valence-electron chi connectivity index (χ3n) is 3.47. The molecular weight excluding hydrogens is 364 g/mol. The van der Waals surface area contributed by atoms with Crippen molar-refractivity contribution in [1.82, 2.24) is 0 Å². The summed E-state index contributed by atoms with van der Waals surface area (Å²) in [5, 5.41) is 5.43. The smallest absolute Gasteiger partial charge is 0.316 e. The highest BCUT2D eigenvalue weighted by atomic mass is 32.2. The molecule has 0 aliphatic heterocycles. The van der Waals surface area contributed by atoms with Crippen molar-refractivity contribution in [1.29, 1.82) is 0 Å². The van der Waals surface area contributed by atoms with Crippen LogP contribution in [0.2, 0.25) is 0 Å². The number of hydrogen-bond acceptors (Lipinski definition) is 5. The zero-order valence-corrected chi connectivity index (χ0v) is 16.0. The lowest BCUT2D eigenvalue weighted by Gasteiger charge is -2.13. The maximum atomic E-state index is 12.0. The Bertz CT molecular complexity index is 796. The molecule has 0 heterocycles. The number of hydrogen-bond donors (Lipinski definition) is 2. The second kappa shape index (κ2) is 10.4. The van der Waals surface area contributed by atoms with E-state index >= 15 is 0 Å². The molecule has 2 N–H and O–H groups in total. The number of aryl methyl sites for hydroxylation is 1. The molecule has 0 aromatic heterocycles. The van der Waals surface area contributed by atoms with Gasteiger partial charge in [0.2, 0.25) is 5.91 Å². The molecule has 0 aliphatic rings. The number of para-hydroxylation sites is 1. The Kier molecular flexibility index (Phi) is 7.88. The summed E-state index contributed by atoms with van der Waals surface area (Å²) in [4.78, 5) is 35.7. The summed E-state index contributed by atoms with van der Waals surface area (Å²) in [5.74, 6) is -1.04. The number of nitrogens with one attached hydrogen (secondary N) is 2. The zero-order valence-electron chi connectivity index (χ0n) is 15.2. The second-order valence-corrected chi connectivity index (χ2v) is 6.88. The number of carbonyl (C=O) groups is 3. The minimum absolute atomic E-state index is 0.00973. The molecule has 0 saturated heterocycles. The van der Waals surface area contributed by atoms with Crippen LogP contribution in [0.5, 0.6) is 0 Å². The highest BCUT2D eigenvalue weighted by molar-refractivity contribution is 8.00. The Balaban J connectivity index is 1.67. The van der Waals surface area contributed by atoms with E-state index in [0.717, 1.165) is 23.0 Å². The predicted molar refractivity (Wildman–Crippen MR) is 108 cm³/mol. The van der Waals surface area contributed by atoms with Gasteiger partial charge in [0, 0.05) is 11.4 Å². The van der Waals surface area contributed by atoms with Crippen LogP contribution in [0.4, 0.5) is 11.4 Å². The Morgan fingerprint density at radius 1 is 0.963 bits per heavy atom. The molecule has 6 nitrogen and oxygen atoms in total. The highest BCUT2D eigenvalue weighted by Gasteiger charge is 2.18. The molecule has 2 aromatic carbocycles. The quantitative estimate of drug-likeness (QED) is 0.681. The third kappa shape index (κ3) is 7.53. The fraction of sp³-hybridized carbons (Fsp3) is 0.250. The maximum Gasteiger partial charge on any atom is 0.316 e. The minimum atomic E-state index is -0.917. The summed E-state index contributed by atoms with van der Waals surface area (Å²) < 4.78 is 5.10. The van der Waals surface area contributed by atoms with E-state index in [2.05, 4.69) is 10.6 Å². The van der Waals surface area contributed by atoms with Gasteiger partial charge in [0.15, 0.2) is 6.10 Å². The van der Waals surface area contributed by atoms with E-state index in [1.807, 2.05) is 31.2 Å². The van der Waals surface area contributed by atoms with Gasteiger partial charge in [-0.3, -0.25) is 14.4 Å². The molecule has 27 heavy (non-hydrogen) atoms. The first-order chi connectivity index (χ1) is 12.9.